The van der Waals surface area contributed by atoms with Crippen LogP contribution in [0.2, 0.25) is 0 Å². The molecule has 0 spiro atoms. The van der Waals surface area contributed by atoms with Gasteiger partial charge in [-0.3, -0.25) is 4.48 Å². The van der Waals surface area contributed by atoms with Crippen LogP contribution in [0.25, 0.3) is 0 Å². The molecule has 0 aliphatic heterocycles. The first kappa shape index (κ1) is 17.3. The number of hydrogen-bond donors (Lipinski definition) is 0. The lowest BCUT2D eigenvalue weighted by molar-refractivity contribution is 0.318. The number of hydrogen-bond acceptors (Lipinski definition) is 1. The second-order valence-corrected chi connectivity index (χ2v) is 6.54. The van der Waals surface area contributed by atoms with Gasteiger partial charge in [0.1, 0.15) is 0 Å². The van der Waals surface area contributed by atoms with Crippen LogP contribution in [0.5, 0.6) is 0 Å². The van der Waals surface area contributed by atoms with E-state index in [0.29, 0.717) is 0 Å². The highest BCUT2D eigenvalue weighted by Gasteiger charge is 2.20. The SMILES string of the molecule is CCCCCCCCCCCC[N+](C)(C)c1ccco1. The van der Waals surface area contributed by atoms with Gasteiger partial charge in [-0.15, -0.1) is 0 Å². The summed E-state index contributed by atoms with van der Waals surface area (Å²) in [6.45, 7) is 3.45. The Hall–Kier alpha value is -0.760. The fourth-order valence-electron chi connectivity index (χ4n) is 2.72. The van der Waals surface area contributed by atoms with Crippen LogP contribution in [0, 0.1) is 0 Å². The second kappa shape index (κ2) is 10.0. The summed E-state index contributed by atoms with van der Waals surface area (Å²) in [6.07, 6.45) is 15.8. The van der Waals surface area contributed by atoms with Gasteiger partial charge in [0.05, 0.1) is 26.9 Å². The Morgan fingerprint density at radius 3 is 1.90 bits per heavy atom. The molecule has 0 amide bonds. The van der Waals surface area contributed by atoms with Crippen molar-refractivity contribution in [3.63, 3.8) is 0 Å². The molecule has 0 aliphatic carbocycles. The molecule has 0 fully saturated rings. The molecule has 0 bridgehead atoms. The standard InChI is InChI=1S/C18H34NO/c1-4-5-6-7-8-9-10-11-12-13-16-19(2,3)18-15-14-17-20-18/h14-15,17H,4-13,16H2,1-3H3/q+1. The number of rotatable bonds is 12. The summed E-state index contributed by atoms with van der Waals surface area (Å²) in [6, 6.07) is 4.06. The van der Waals surface area contributed by atoms with Crippen molar-refractivity contribution in [2.24, 2.45) is 0 Å². The van der Waals surface area contributed by atoms with Crippen LogP contribution in [-0.4, -0.2) is 20.6 Å². The number of nitrogens with zero attached hydrogens (tertiary/aromatic N) is 1. The van der Waals surface area contributed by atoms with Crippen molar-refractivity contribution in [2.45, 2.75) is 71.1 Å². The van der Waals surface area contributed by atoms with E-state index in [0.717, 1.165) is 10.4 Å². The van der Waals surface area contributed by atoms with Gasteiger partial charge in [0.25, 0.3) is 5.88 Å². The topological polar surface area (TPSA) is 13.1 Å². The van der Waals surface area contributed by atoms with E-state index in [1.807, 2.05) is 6.07 Å². The molecule has 2 nitrogen and oxygen atoms in total. The van der Waals surface area contributed by atoms with Gasteiger partial charge < -0.3 is 4.42 Å². The molecule has 1 aromatic heterocycles. The Morgan fingerprint density at radius 2 is 1.40 bits per heavy atom. The Morgan fingerprint density at radius 1 is 0.850 bits per heavy atom. The van der Waals surface area contributed by atoms with E-state index in [2.05, 4.69) is 27.1 Å². The minimum Gasteiger partial charge on any atom is -0.421 e. The van der Waals surface area contributed by atoms with Gasteiger partial charge in [0.2, 0.25) is 0 Å². The van der Waals surface area contributed by atoms with Gasteiger partial charge in [-0.05, 0) is 18.9 Å². The molecule has 0 unspecified atom stereocenters. The first-order chi connectivity index (χ1) is 9.67. The molecule has 0 aliphatic rings. The number of furan rings is 1. The molecular weight excluding hydrogens is 246 g/mol. The molecule has 20 heavy (non-hydrogen) atoms. The van der Waals surface area contributed by atoms with E-state index >= 15 is 0 Å². The van der Waals surface area contributed by atoms with Crippen molar-refractivity contribution in [1.29, 1.82) is 0 Å². The number of unbranched alkanes of at least 4 members (excludes halogenated alkanes) is 9. The van der Waals surface area contributed by atoms with Crippen LogP contribution < -0.4 is 4.48 Å². The van der Waals surface area contributed by atoms with Crippen molar-refractivity contribution in [3.8, 4) is 0 Å². The van der Waals surface area contributed by atoms with Crippen molar-refractivity contribution >= 4 is 5.88 Å². The molecule has 0 radical (unpaired) electrons. The summed E-state index contributed by atoms with van der Waals surface area (Å²) in [5.41, 5.74) is 0. The van der Waals surface area contributed by atoms with E-state index in [-0.39, 0.29) is 0 Å². The predicted molar refractivity (Wildman–Crippen MR) is 89.1 cm³/mol. The Bertz CT molecular complexity index is 316. The number of quaternary nitrogens is 1. The molecular formula is C18H34NO+. The monoisotopic (exact) mass is 280 g/mol. The highest BCUT2D eigenvalue weighted by Crippen LogP contribution is 2.20. The Balaban J connectivity index is 1.94. The predicted octanol–water partition coefficient (Wildman–Crippen LogP) is 5.77. The summed E-state index contributed by atoms with van der Waals surface area (Å²) in [7, 11) is 4.46. The van der Waals surface area contributed by atoms with Crippen molar-refractivity contribution < 1.29 is 4.42 Å². The van der Waals surface area contributed by atoms with E-state index in [1.54, 1.807) is 6.26 Å². The third-order valence-corrected chi connectivity index (χ3v) is 4.17. The van der Waals surface area contributed by atoms with E-state index < -0.39 is 0 Å². The van der Waals surface area contributed by atoms with Crippen LogP contribution in [-0.2, 0) is 0 Å². The maximum Gasteiger partial charge on any atom is 0.296 e. The fraction of sp³-hybridized carbons (Fsp3) is 0.778. The first-order valence-electron chi connectivity index (χ1n) is 8.54. The molecule has 1 rings (SSSR count). The largest absolute Gasteiger partial charge is 0.421 e. The highest BCUT2D eigenvalue weighted by atomic mass is 16.3. The van der Waals surface area contributed by atoms with Crippen LogP contribution in [0.15, 0.2) is 22.8 Å². The maximum absolute atomic E-state index is 5.51. The molecule has 0 saturated heterocycles. The van der Waals surface area contributed by atoms with E-state index in [4.69, 9.17) is 4.42 Å². The lowest BCUT2D eigenvalue weighted by Crippen LogP contribution is -2.40. The van der Waals surface area contributed by atoms with Gasteiger partial charge >= 0.3 is 0 Å². The minimum absolute atomic E-state index is 0.865. The van der Waals surface area contributed by atoms with Crippen molar-refractivity contribution in [2.75, 3.05) is 20.6 Å². The van der Waals surface area contributed by atoms with Gasteiger partial charge in [0, 0.05) is 6.07 Å². The summed E-state index contributed by atoms with van der Waals surface area (Å²) >= 11 is 0. The molecule has 0 saturated carbocycles. The molecule has 0 atom stereocenters. The van der Waals surface area contributed by atoms with Crippen molar-refractivity contribution in [1.82, 2.24) is 4.48 Å². The molecule has 0 aromatic carbocycles. The summed E-state index contributed by atoms with van der Waals surface area (Å²) < 4.78 is 6.38. The summed E-state index contributed by atoms with van der Waals surface area (Å²) in [5, 5.41) is 0. The third kappa shape index (κ3) is 7.14. The Kier molecular flexibility index (Phi) is 8.68. The lowest BCUT2D eigenvalue weighted by Gasteiger charge is -2.25. The van der Waals surface area contributed by atoms with E-state index in [9.17, 15) is 0 Å². The quantitative estimate of drug-likeness (QED) is 0.350. The second-order valence-electron chi connectivity index (χ2n) is 6.54. The average molecular weight is 280 g/mol. The molecule has 0 N–H and O–H groups in total. The minimum atomic E-state index is 0.865. The van der Waals surface area contributed by atoms with Gasteiger partial charge in [0.15, 0.2) is 0 Å². The van der Waals surface area contributed by atoms with Gasteiger partial charge in [-0.1, -0.05) is 58.3 Å². The fourth-order valence-corrected chi connectivity index (χ4v) is 2.72. The molecule has 2 heteroatoms. The van der Waals surface area contributed by atoms with Crippen LogP contribution in [0.3, 0.4) is 0 Å². The first-order valence-corrected chi connectivity index (χ1v) is 8.54. The zero-order chi connectivity index (χ0) is 14.7. The molecule has 1 aromatic rings. The van der Waals surface area contributed by atoms with Crippen molar-refractivity contribution in [3.05, 3.63) is 18.4 Å². The summed E-state index contributed by atoms with van der Waals surface area (Å²) in [5.74, 6) is 1.07. The van der Waals surface area contributed by atoms with E-state index in [1.165, 1.54) is 70.8 Å². The third-order valence-electron chi connectivity index (χ3n) is 4.17. The van der Waals surface area contributed by atoms with Gasteiger partial charge in [-0.2, -0.15) is 0 Å². The Labute approximate surface area is 125 Å². The molecule has 1 heterocycles. The zero-order valence-electron chi connectivity index (χ0n) is 13.9. The normalized spacial score (nSPS) is 11.9. The molecule has 116 valence electrons. The lowest BCUT2D eigenvalue weighted by atomic mass is 10.1. The van der Waals surface area contributed by atoms with Gasteiger partial charge in [-0.25, -0.2) is 0 Å². The zero-order valence-corrected chi connectivity index (χ0v) is 13.9. The maximum atomic E-state index is 5.51. The van der Waals surface area contributed by atoms with Crippen LogP contribution in [0.1, 0.15) is 71.1 Å². The summed E-state index contributed by atoms with van der Waals surface area (Å²) in [4.78, 5) is 0. The average Bonchev–Trinajstić information content (AvgIpc) is 2.96. The highest BCUT2D eigenvalue weighted by molar-refractivity contribution is 5.28. The van der Waals surface area contributed by atoms with Crippen LogP contribution >= 0.6 is 0 Å². The van der Waals surface area contributed by atoms with Crippen LogP contribution in [0.4, 0.5) is 5.88 Å². The smallest absolute Gasteiger partial charge is 0.296 e.